The maximum Gasteiger partial charge on any atom is 0.193 e. The van der Waals surface area contributed by atoms with Crippen LogP contribution >= 0.6 is 0 Å². The second kappa shape index (κ2) is 6.77. The molecule has 94 valence electrons. The number of nitrogens with zero attached hydrogens (tertiary/aromatic N) is 2. The van der Waals surface area contributed by atoms with E-state index in [1.807, 2.05) is 7.05 Å². The van der Waals surface area contributed by atoms with Gasteiger partial charge in [0.05, 0.1) is 0 Å². The first-order valence-electron chi connectivity index (χ1n) is 6.59. The van der Waals surface area contributed by atoms with Gasteiger partial charge in [0.25, 0.3) is 0 Å². The summed E-state index contributed by atoms with van der Waals surface area (Å²) in [6, 6.07) is 0. The highest BCUT2D eigenvalue weighted by Gasteiger charge is 2.18. The summed E-state index contributed by atoms with van der Waals surface area (Å²) in [5.74, 6) is 2.65. The van der Waals surface area contributed by atoms with Crippen molar-refractivity contribution in [2.24, 2.45) is 16.8 Å². The molecule has 3 nitrogen and oxygen atoms in total. The molecule has 1 N–H and O–H groups in total. The Labute approximate surface area is 100 Å². The largest absolute Gasteiger partial charge is 0.356 e. The fourth-order valence-corrected chi connectivity index (χ4v) is 2.19. The molecular formula is C13H27N3. The van der Waals surface area contributed by atoms with Crippen LogP contribution < -0.4 is 5.32 Å². The molecule has 1 unspecified atom stereocenters. The molecule has 1 heterocycles. The third kappa shape index (κ3) is 4.42. The van der Waals surface area contributed by atoms with Gasteiger partial charge in [-0.2, -0.15) is 0 Å². The van der Waals surface area contributed by atoms with E-state index in [0.717, 1.165) is 37.4 Å². The number of guanidine groups is 1. The van der Waals surface area contributed by atoms with Gasteiger partial charge in [-0.1, -0.05) is 20.8 Å². The molecule has 1 atom stereocenters. The zero-order chi connectivity index (χ0) is 12.0. The van der Waals surface area contributed by atoms with Gasteiger partial charge in [-0.3, -0.25) is 4.99 Å². The van der Waals surface area contributed by atoms with Crippen molar-refractivity contribution in [3.63, 3.8) is 0 Å². The molecule has 0 aromatic heterocycles. The Balaban J connectivity index is 2.35. The topological polar surface area (TPSA) is 27.6 Å². The van der Waals surface area contributed by atoms with Crippen molar-refractivity contribution in [1.82, 2.24) is 10.2 Å². The van der Waals surface area contributed by atoms with Gasteiger partial charge in [-0.05, 0) is 31.1 Å². The molecule has 1 aliphatic rings. The number of likely N-dealkylation sites (tertiary alicyclic amines) is 1. The summed E-state index contributed by atoms with van der Waals surface area (Å²) in [6.45, 7) is 10.2. The van der Waals surface area contributed by atoms with Crippen LogP contribution in [0.5, 0.6) is 0 Å². The second-order valence-corrected chi connectivity index (χ2v) is 5.35. The van der Waals surface area contributed by atoms with Crippen LogP contribution in [-0.2, 0) is 0 Å². The molecule has 3 heteroatoms. The average molecular weight is 225 g/mol. The van der Waals surface area contributed by atoms with Crippen LogP contribution in [0, 0.1) is 11.8 Å². The Bertz CT molecular complexity index is 223. The summed E-state index contributed by atoms with van der Waals surface area (Å²) in [4.78, 5) is 6.77. The quantitative estimate of drug-likeness (QED) is 0.590. The van der Waals surface area contributed by atoms with Crippen molar-refractivity contribution in [1.29, 1.82) is 0 Å². The van der Waals surface area contributed by atoms with Crippen LogP contribution in [0.25, 0.3) is 0 Å². The predicted molar refractivity (Wildman–Crippen MR) is 70.8 cm³/mol. The van der Waals surface area contributed by atoms with E-state index in [1.54, 1.807) is 0 Å². The van der Waals surface area contributed by atoms with E-state index in [1.165, 1.54) is 19.3 Å². The molecular weight excluding hydrogens is 198 g/mol. The lowest BCUT2D eigenvalue weighted by Gasteiger charge is -2.33. The highest BCUT2D eigenvalue weighted by atomic mass is 15.3. The monoisotopic (exact) mass is 225 g/mol. The Morgan fingerprint density at radius 3 is 2.81 bits per heavy atom. The van der Waals surface area contributed by atoms with E-state index < -0.39 is 0 Å². The van der Waals surface area contributed by atoms with Crippen molar-refractivity contribution >= 4 is 5.96 Å². The zero-order valence-electron chi connectivity index (χ0n) is 11.3. The van der Waals surface area contributed by atoms with Crippen molar-refractivity contribution in [3.05, 3.63) is 0 Å². The third-order valence-corrected chi connectivity index (χ3v) is 3.17. The Morgan fingerprint density at radius 1 is 1.50 bits per heavy atom. The molecule has 1 fully saturated rings. The summed E-state index contributed by atoms with van der Waals surface area (Å²) < 4.78 is 0. The fraction of sp³-hybridized carbons (Fsp3) is 0.923. The number of hydrogen-bond donors (Lipinski definition) is 1. The predicted octanol–water partition coefficient (Wildman–Crippen LogP) is 2.34. The van der Waals surface area contributed by atoms with E-state index in [2.05, 4.69) is 36.0 Å². The Kier molecular flexibility index (Phi) is 5.64. The minimum atomic E-state index is 0.755. The van der Waals surface area contributed by atoms with Gasteiger partial charge in [0.15, 0.2) is 5.96 Å². The smallest absolute Gasteiger partial charge is 0.193 e. The first-order chi connectivity index (χ1) is 7.63. The van der Waals surface area contributed by atoms with Crippen LogP contribution in [0.3, 0.4) is 0 Å². The van der Waals surface area contributed by atoms with Crippen molar-refractivity contribution < 1.29 is 0 Å². The number of piperidine rings is 1. The standard InChI is InChI=1S/C13H27N3/c1-11(2)7-8-15-13(14-4)16-9-5-6-12(3)10-16/h11-12H,5-10H2,1-4H3,(H,14,15). The molecule has 0 saturated carbocycles. The summed E-state index contributed by atoms with van der Waals surface area (Å²) in [5.41, 5.74) is 0. The molecule has 0 aliphatic carbocycles. The molecule has 0 aromatic rings. The van der Waals surface area contributed by atoms with Gasteiger partial charge in [0.1, 0.15) is 0 Å². The van der Waals surface area contributed by atoms with Crippen LogP contribution in [0.15, 0.2) is 4.99 Å². The molecule has 0 amide bonds. The molecule has 0 aromatic carbocycles. The SMILES string of the molecule is CN=C(NCCC(C)C)N1CCCC(C)C1. The second-order valence-electron chi connectivity index (χ2n) is 5.35. The van der Waals surface area contributed by atoms with Gasteiger partial charge >= 0.3 is 0 Å². The number of aliphatic imine (C=N–C) groups is 1. The first kappa shape index (κ1) is 13.3. The minimum Gasteiger partial charge on any atom is -0.356 e. The molecule has 0 radical (unpaired) electrons. The highest BCUT2D eigenvalue weighted by molar-refractivity contribution is 5.79. The lowest BCUT2D eigenvalue weighted by molar-refractivity contribution is 0.265. The number of hydrogen-bond acceptors (Lipinski definition) is 1. The van der Waals surface area contributed by atoms with E-state index in [-0.39, 0.29) is 0 Å². The van der Waals surface area contributed by atoms with Crippen LogP contribution in [0.1, 0.15) is 40.0 Å². The van der Waals surface area contributed by atoms with Gasteiger partial charge in [-0.15, -0.1) is 0 Å². The third-order valence-electron chi connectivity index (χ3n) is 3.17. The van der Waals surface area contributed by atoms with Gasteiger partial charge in [0, 0.05) is 26.7 Å². The van der Waals surface area contributed by atoms with Crippen molar-refractivity contribution in [2.75, 3.05) is 26.7 Å². The zero-order valence-corrected chi connectivity index (χ0v) is 11.3. The molecule has 16 heavy (non-hydrogen) atoms. The highest BCUT2D eigenvalue weighted by Crippen LogP contribution is 2.15. The Hall–Kier alpha value is -0.730. The summed E-state index contributed by atoms with van der Waals surface area (Å²) in [5, 5.41) is 3.47. The van der Waals surface area contributed by atoms with Crippen LogP contribution in [0.2, 0.25) is 0 Å². The normalized spacial score (nSPS) is 22.7. The van der Waals surface area contributed by atoms with Gasteiger partial charge in [0.2, 0.25) is 0 Å². The average Bonchev–Trinajstić information content (AvgIpc) is 2.24. The molecule has 0 bridgehead atoms. The van der Waals surface area contributed by atoms with Gasteiger partial charge < -0.3 is 10.2 Å². The van der Waals surface area contributed by atoms with Crippen LogP contribution in [-0.4, -0.2) is 37.5 Å². The number of rotatable bonds is 3. The fourth-order valence-electron chi connectivity index (χ4n) is 2.19. The molecule has 1 rings (SSSR count). The molecule has 1 aliphatic heterocycles. The maximum atomic E-state index is 4.37. The molecule has 0 spiro atoms. The first-order valence-corrected chi connectivity index (χ1v) is 6.59. The van der Waals surface area contributed by atoms with E-state index in [4.69, 9.17) is 0 Å². The summed E-state index contributed by atoms with van der Waals surface area (Å²) >= 11 is 0. The van der Waals surface area contributed by atoms with Crippen molar-refractivity contribution in [3.8, 4) is 0 Å². The van der Waals surface area contributed by atoms with E-state index >= 15 is 0 Å². The Morgan fingerprint density at radius 2 is 2.25 bits per heavy atom. The van der Waals surface area contributed by atoms with E-state index in [0.29, 0.717) is 0 Å². The lowest BCUT2D eigenvalue weighted by Crippen LogP contribution is -2.46. The summed E-state index contributed by atoms with van der Waals surface area (Å²) in [6.07, 6.45) is 3.87. The van der Waals surface area contributed by atoms with Crippen LogP contribution in [0.4, 0.5) is 0 Å². The number of nitrogens with one attached hydrogen (secondary N) is 1. The maximum absolute atomic E-state index is 4.37. The minimum absolute atomic E-state index is 0.755. The summed E-state index contributed by atoms with van der Waals surface area (Å²) in [7, 11) is 1.89. The molecule has 1 saturated heterocycles. The van der Waals surface area contributed by atoms with Crippen molar-refractivity contribution in [2.45, 2.75) is 40.0 Å². The van der Waals surface area contributed by atoms with Gasteiger partial charge in [-0.25, -0.2) is 0 Å². The van der Waals surface area contributed by atoms with E-state index in [9.17, 15) is 0 Å². The lowest BCUT2D eigenvalue weighted by atomic mass is 10.0.